The van der Waals surface area contributed by atoms with E-state index in [9.17, 15) is 0 Å². The summed E-state index contributed by atoms with van der Waals surface area (Å²) in [5, 5.41) is 3.07. The molecule has 1 aromatic rings. The van der Waals surface area contributed by atoms with Crippen LogP contribution in [0.1, 0.15) is 5.56 Å². The van der Waals surface area contributed by atoms with Gasteiger partial charge in [-0.05, 0) is 0 Å². The number of anilines is 2. The van der Waals surface area contributed by atoms with Crippen molar-refractivity contribution < 1.29 is 0 Å². The quantitative estimate of drug-likeness (QED) is 0.857. The van der Waals surface area contributed by atoms with Gasteiger partial charge in [-0.1, -0.05) is 0 Å². The number of aromatic nitrogens is 1. The second-order valence-electron chi connectivity index (χ2n) is 3.03. The predicted octanol–water partition coefficient (Wildman–Crippen LogP) is 1.49. The van der Waals surface area contributed by atoms with E-state index >= 15 is 0 Å². The third-order valence-corrected chi connectivity index (χ3v) is 1.99. The van der Waals surface area contributed by atoms with Crippen molar-refractivity contribution in [2.24, 2.45) is 5.73 Å². The Balaban J connectivity index is 0. The number of nitrogens with two attached hydrogens (primary N) is 1. The van der Waals surface area contributed by atoms with Gasteiger partial charge in [0.2, 0.25) is 0 Å². The topological polar surface area (TPSA) is 54.2 Å². The van der Waals surface area contributed by atoms with Gasteiger partial charge in [-0.15, -0.1) is 24.8 Å². The Morgan fingerprint density at radius 1 is 1.33 bits per heavy atom. The molecule has 0 saturated heterocycles. The molecule has 0 radical (unpaired) electrons. The number of hydrogen-bond acceptors (Lipinski definition) is 4. The Morgan fingerprint density at radius 2 is 1.93 bits per heavy atom. The van der Waals surface area contributed by atoms with Gasteiger partial charge in [-0.3, -0.25) is 4.98 Å². The van der Waals surface area contributed by atoms with Crippen LogP contribution >= 0.6 is 24.8 Å². The van der Waals surface area contributed by atoms with E-state index in [0.29, 0.717) is 6.54 Å². The Labute approximate surface area is 103 Å². The monoisotopic (exact) mass is 252 g/mol. The van der Waals surface area contributed by atoms with E-state index in [1.165, 1.54) is 0 Å². The zero-order chi connectivity index (χ0) is 9.84. The first-order valence-corrected chi connectivity index (χ1v) is 4.22. The van der Waals surface area contributed by atoms with Crippen LogP contribution in [0.15, 0.2) is 12.4 Å². The number of halogens is 2. The summed E-state index contributed by atoms with van der Waals surface area (Å²) >= 11 is 0. The van der Waals surface area contributed by atoms with Gasteiger partial charge >= 0.3 is 0 Å². The smallest absolute Gasteiger partial charge is 0.0613 e. The summed E-state index contributed by atoms with van der Waals surface area (Å²) in [6, 6.07) is 0. The van der Waals surface area contributed by atoms with Gasteiger partial charge in [-0.25, -0.2) is 0 Å². The van der Waals surface area contributed by atoms with Gasteiger partial charge in [0, 0.05) is 33.3 Å². The van der Waals surface area contributed by atoms with Crippen LogP contribution in [0, 0.1) is 0 Å². The molecule has 3 N–H and O–H groups in total. The van der Waals surface area contributed by atoms with Gasteiger partial charge in [0.25, 0.3) is 0 Å². The zero-order valence-corrected chi connectivity index (χ0v) is 10.8. The number of pyridine rings is 1. The third kappa shape index (κ3) is 3.74. The first-order chi connectivity index (χ1) is 6.20. The van der Waals surface area contributed by atoms with E-state index in [1.807, 2.05) is 32.2 Å². The van der Waals surface area contributed by atoms with Crippen LogP contribution in [-0.4, -0.2) is 26.1 Å². The first-order valence-electron chi connectivity index (χ1n) is 4.22. The van der Waals surface area contributed by atoms with Crippen LogP contribution in [0.4, 0.5) is 11.4 Å². The van der Waals surface area contributed by atoms with Gasteiger partial charge in [0.15, 0.2) is 0 Å². The van der Waals surface area contributed by atoms with Crippen LogP contribution in [0.3, 0.4) is 0 Å². The molecule has 1 rings (SSSR count). The molecule has 0 amide bonds. The number of nitrogens with zero attached hydrogens (tertiary/aromatic N) is 2. The third-order valence-electron chi connectivity index (χ3n) is 1.99. The summed E-state index contributed by atoms with van der Waals surface area (Å²) in [6.45, 7) is 0.520. The van der Waals surface area contributed by atoms with Crippen molar-refractivity contribution in [3.05, 3.63) is 18.0 Å². The Kier molecular flexibility index (Phi) is 8.43. The highest BCUT2D eigenvalue weighted by atomic mass is 35.5. The normalized spacial score (nSPS) is 8.53. The second-order valence-corrected chi connectivity index (χ2v) is 3.03. The van der Waals surface area contributed by atoms with Crippen LogP contribution < -0.4 is 16.0 Å². The fraction of sp³-hybridized carbons (Fsp3) is 0.444. The molecule has 0 saturated carbocycles. The molecule has 1 aromatic heterocycles. The Hall–Kier alpha value is -0.710. The molecule has 0 atom stereocenters. The molecule has 15 heavy (non-hydrogen) atoms. The highest BCUT2D eigenvalue weighted by Gasteiger charge is 2.07. The predicted molar refractivity (Wildman–Crippen MR) is 70.5 cm³/mol. The molecule has 0 spiro atoms. The summed E-state index contributed by atoms with van der Waals surface area (Å²) < 4.78 is 0. The molecule has 0 aliphatic heterocycles. The Morgan fingerprint density at radius 3 is 2.33 bits per heavy atom. The van der Waals surface area contributed by atoms with Crippen molar-refractivity contribution >= 4 is 36.2 Å². The van der Waals surface area contributed by atoms with E-state index in [4.69, 9.17) is 5.73 Å². The minimum absolute atomic E-state index is 0. The lowest BCUT2D eigenvalue weighted by molar-refractivity contribution is 1.01. The molecule has 1 heterocycles. The minimum Gasteiger partial charge on any atom is -0.387 e. The summed E-state index contributed by atoms with van der Waals surface area (Å²) in [5.41, 5.74) is 8.83. The number of nitrogens with one attached hydrogen (secondary N) is 1. The standard InChI is InChI=1S/C9H16N4.2ClH/c1-11-8-5-12-6-9(13(2)3)7(8)4-10;;/h5-6,11H,4,10H2,1-3H3;2*1H. The average Bonchev–Trinajstić information content (AvgIpc) is 2.16. The SMILES string of the molecule is CNc1cncc(N(C)C)c1CN.Cl.Cl. The zero-order valence-electron chi connectivity index (χ0n) is 9.15. The molecule has 0 fully saturated rings. The maximum absolute atomic E-state index is 5.67. The molecular formula is C9H18Cl2N4. The van der Waals surface area contributed by atoms with Crippen molar-refractivity contribution in [1.29, 1.82) is 0 Å². The maximum atomic E-state index is 5.67. The summed E-state index contributed by atoms with van der Waals surface area (Å²) in [6.07, 6.45) is 3.61. The second kappa shape index (κ2) is 7.56. The summed E-state index contributed by atoms with van der Waals surface area (Å²) in [5.74, 6) is 0. The van der Waals surface area contributed by atoms with Crippen molar-refractivity contribution in [3.63, 3.8) is 0 Å². The number of hydrogen-bond donors (Lipinski definition) is 2. The van der Waals surface area contributed by atoms with Crippen LogP contribution in [0.25, 0.3) is 0 Å². The Bertz CT molecular complexity index is 291. The molecule has 88 valence electrons. The highest BCUT2D eigenvalue weighted by Crippen LogP contribution is 2.23. The van der Waals surface area contributed by atoms with Crippen molar-refractivity contribution in [1.82, 2.24) is 4.98 Å². The first kappa shape index (κ1) is 16.7. The van der Waals surface area contributed by atoms with Crippen molar-refractivity contribution in [2.45, 2.75) is 6.54 Å². The molecule has 4 nitrogen and oxygen atoms in total. The van der Waals surface area contributed by atoms with Crippen LogP contribution in [0.5, 0.6) is 0 Å². The minimum atomic E-state index is 0. The molecule has 0 aliphatic rings. The average molecular weight is 253 g/mol. The number of rotatable bonds is 3. The molecule has 0 aromatic carbocycles. The van der Waals surface area contributed by atoms with Gasteiger partial charge in [0.1, 0.15) is 0 Å². The van der Waals surface area contributed by atoms with E-state index in [-0.39, 0.29) is 24.8 Å². The fourth-order valence-corrected chi connectivity index (χ4v) is 1.29. The van der Waals surface area contributed by atoms with E-state index in [0.717, 1.165) is 16.9 Å². The van der Waals surface area contributed by atoms with Crippen LogP contribution in [-0.2, 0) is 6.54 Å². The molecule has 6 heteroatoms. The van der Waals surface area contributed by atoms with Crippen molar-refractivity contribution in [3.8, 4) is 0 Å². The molecule has 0 aliphatic carbocycles. The van der Waals surface area contributed by atoms with Gasteiger partial charge < -0.3 is 16.0 Å². The van der Waals surface area contributed by atoms with E-state index in [1.54, 1.807) is 6.20 Å². The molecule has 0 bridgehead atoms. The van der Waals surface area contributed by atoms with Crippen LogP contribution in [0.2, 0.25) is 0 Å². The molecular weight excluding hydrogens is 235 g/mol. The van der Waals surface area contributed by atoms with Crippen molar-refractivity contribution in [2.75, 3.05) is 31.4 Å². The van der Waals surface area contributed by atoms with Gasteiger partial charge in [0.05, 0.1) is 23.8 Å². The summed E-state index contributed by atoms with van der Waals surface area (Å²) in [4.78, 5) is 6.14. The largest absolute Gasteiger partial charge is 0.387 e. The maximum Gasteiger partial charge on any atom is 0.0613 e. The highest BCUT2D eigenvalue weighted by molar-refractivity contribution is 5.85. The van der Waals surface area contributed by atoms with E-state index < -0.39 is 0 Å². The fourth-order valence-electron chi connectivity index (χ4n) is 1.29. The summed E-state index contributed by atoms with van der Waals surface area (Å²) in [7, 11) is 5.83. The van der Waals surface area contributed by atoms with Gasteiger partial charge in [-0.2, -0.15) is 0 Å². The lowest BCUT2D eigenvalue weighted by Crippen LogP contribution is -2.15. The van der Waals surface area contributed by atoms with E-state index in [2.05, 4.69) is 10.3 Å². The lowest BCUT2D eigenvalue weighted by Gasteiger charge is -2.18. The lowest BCUT2D eigenvalue weighted by atomic mass is 10.2. The molecule has 0 unspecified atom stereocenters.